The Kier molecular flexibility index (Phi) is 11.2. The number of nitrogens with zero attached hydrogens (tertiary/aromatic N) is 1. The highest BCUT2D eigenvalue weighted by molar-refractivity contribution is 7.80. The van der Waals surface area contributed by atoms with Crippen molar-refractivity contribution in [1.29, 1.82) is 0 Å². The van der Waals surface area contributed by atoms with Crippen LogP contribution in [-0.2, 0) is 6.42 Å². The minimum absolute atomic E-state index is 0.276. The molecule has 0 aliphatic rings. The first-order valence-corrected chi connectivity index (χ1v) is 12.4. The van der Waals surface area contributed by atoms with Gasteiger partial charge in [-0.15, -0.1) is 11.3 Å². The zero-order valence-electron chi connectivity index (χ0n) is 18.7. The summed E-state index contributed by atoms with van der Waals surface area (Å²) in [6.07, 6.45) is 8.93. The van der Waals surface area contributed by atoms with E-state index in [9.17, 15) is 4.79 Å². The fourth-order valence-corrected chi connectivity index (χ4v) is 4.22. The van der Waals surface area contributed by atoms with Crippen molar-refractivity contribution < 1.29 is 4.79 Å². The van der Waals surface area contributed by atoms with Crippen molar-refractivity contribution in [3.63, 3.8) is 0 Å². The second-order valence-corrected chi connectivity index (χ2v) is 8.55. The van der Waals surface area contributed by atoms with Gasteiger partial charge in [0.15, 0.2) is 10.1 Å². The van der Waals surface area contributed by atoms with Crippen molar-refractivity contribution in [3.05, 3.63) is 59.1 Å². The number of rotatable bonds is 9. The largest absolute Gasteiger partial charge is 0.332 e. The quantitative estimate of drug-likeness (QED) is 0.261. The molecule has 0 atom stereocenters. The Balaban J connectivity index is 0.00000166. The molecule has 31 heavy (non-hydrogen) atoms. The van der Waals surface area contributed by atoms with Gasteiger partial charge < -0.3 is 5.32 Å². The molecule has 166 valence electrons. The first kappa shape index (κ1) is 25.0. The Hall–Kier alpha value is -2.31. The number of carbonyl (C=O) groups excluding carboxylic acids is 1. The number of thiocarbonyl (C=S) groups is 1. The summed E-state index contributed by atoms with van der Waals surface area (Å²) in [5, 5.41) is 6.46. The number of hydrogen-bond acceptors (Lipinski definition) is 4. The number of nitrogens with one attached hydrogen (secondary N) is 2. The predicted molar refractivity (Wildman–Crippen MR) is 138 cm³/mol. The van der Waals surface area contributed by atoms with Crippen LogP contribution in [0, 0.1) is 0 Å². The van der Waals surface area contributed by atoms with E-state index in [1.807, 2.05) is 50.2 Å². The van der Waals surface area contributed by atoms with Crippen molar-refractivity contribution in [2.75, 3.05) is 5.32 Å². The van der Waals surface area contributed by atoms with Gasteiger partial charge in [0, 0.05) is 5.69 Å². The van der Waals surface area contributed by atoms with E-state index in [1.54, 1.807) is 0 Å². The van der Waals surface area contributed by atoms with Crippen molar-refractivity contribution in [2.45, 2.75) is 65.7 Å². The van der Waals surface area contributed by atoms with Crippen LogP contribution in [0.2, 0.25) is 0 Å². The second-order valence-electron chi connectivity index (χ2n) is 7.11. The van der Waals surface area contributed by atoms with E-state index in [1.165, 1.54) is 55.4 Å². The zero-order valence-corrected chi connectivity index (χ0v) is 20.4. The van der Waals surface area contributed by atoms with E-state index in [0.29, 0.717) is 5.01 Å². The lowest BCUT2D eigenvalue weighted by Gasteiger charge is -2.09. The number of aryl methyl sites for hydroxylation is 1. The van der Waals surface area contributed by atoms with Gasteiger partial charge in [0.1, 0.15) is 0 Å². The first-order valence-electron chi connectivity index (χ1n) is 11.2. The summed E-state index contributed by atoms with van der Waals surface area (Å²) in [4.78, 5) is 16.7. The van der Waals surface area contributed by atoms with Gasteiger partial charge in [-0.3, -0.25) is 10.1 Å². The van der Waals surface area contributed by atoms with Crippen LogP contribution < -0.4 is 10.6 Å². The van der Waals surface area contributed by atoms with E-state index in [0.717, 1.165) is 22.3 Å². The Morgan fingerprint density at radius 1 is 0.968 bits per heavy atom. The van der Waals surface area contributed by atoms with Crippen molar-refractivity contribution in [3.8, 4) is 0 Å². The molecule has 0 aliphatic heterocycles. The van der Waals surface area contributed by atoms with Crippen LogP contribution in [-0.4, -0.2) is 16.0 Å². The van der Waals surface area contributed by atoms with Gasteiger partial charge in [0.05, 0.1) is 10.2 Å². The highest BCUT2D eigenvalue weighted by Gasteiger charge is 2.13. The van der Waals surface area contributed by atoms with Crippen LogP contribution in [0.5, 0.6) is 0 Å². The highest BCUT2D eigenvalue weighted by atomic mass is 32.1. The first-order chi connectivity index (χ1) is 15.2. The van der Waals surface area contributed by atoms with Crippen LogP contribution in [0.3, 0.4) is 0 Å². The molecule has 0 unspecified atom stereocenters. The highest BCUT2D eigenvalue weighted by Crippen LogP contribution is 2.21. The van der Waals surface area contributed by atoms with Crippen LogP contribution in [0.4, 0.5) is 5.69 Å². The van der Waals surface area contributed by atoms with Crippen molar-refractivity contribution >= 4 is 50.5 Å². The molecule has 0 fully saturated rings. The van der Waals surface area contributed by atoms with Gasteiger partial charge in [-0.1, -0.05) is 77.1 Å². The number of thiazole rings is 1. The molecule has 2 aromatic carbocycles. The van der Waals surface area contributed by atoms with E-state index < -0.39 is 0 Å². The second kappa shape index (κ2) is 13.9. The van der Waals surface area contributed by atoms with E-state index in [4.69, 9.17) is 12.2 Å². The van der Waals surface area contributed by atoms with Gasteiger partial charge in [0.25, 0.3) is 5.91 Å². The normalized spacial score (nSPS) is 10.3. The lowest BCUT2D eigenvalue weighted by atomic mass is 10.0. The van der Waals surface area contributed by atoms with E-state index in [-0.39, 0.29) is 11.0 Å². The van der Waals surface area contributed by atoms with Crippen LogP contribution >= 0.6 is 23.6 Å². The van der Waals surface area contributed by atoms with Gasteiger partial charge in [-0.25, -0.2) is 4.98 Å². The minimum atomic E-state index is -0.289. The maximum absolute atomic E-state index is 12.4. The number of aromatic nitrogens is 1. The fraction of sp³-hybridized carbons (Fsp3) is 0.400. The third-order valence-electron chi connectivity index (χ3n) is 4.75. The number of unbranched alkanes of at least 4 members (excludes halogenated alkanes) is 5. The van der Waals surface area contributed by atoms with E-state index >= 15 is 0 Å². The minimum Gasteiger partial charge on any atom is -0.332 e. The summed E-state index contributed by atoms with van der Waals surface area (Å²) >= 11 is 6.64. The molecular weight excluding hydrogens is 422 g/mol. The third-order valence-corrected chi connectivity index (χ3v) is 5.99. The number of anilines is 1. The molecule has 0 aliphatic carbocycles. The van der Waals surface area contributed by atoms with Crippen molar-refractivity contribution in [1.82, 2.24) is 10.3 Å². The summed E-state index contributed by atoms with van der Waals surface area (Å²) in [6.45, 7) is 6.24. The van der Waals surface area contributed by atoms with Gasteiger partial charge in [-0.05, 0) is 54.9 Å². The summed E-state index contributed by atoms with van der Waals surface area (Å²) in [6, 6.07) is 15.9. The fourth-order valence-electron chi connectivity index (χ4n) is 3.15. The summed E-state index contributed by atoms with van der Waals surface area (Å²) < 4.78 is 0.984. The number of carbonyl (C=O) groups is 1. The molecule has 0 spiro atoms. The Morgan fingerprint density at radius 2 is 1.65 bits per heavy atom. The van der Waals surface area contributed by atoms with Gasteiger partial charge >= 0.3 is 0 Å². The number of benzene rings is 2. The molecule has 4 nitrogen and oxygen atoms in total. The Labute approximate surface area is 195 Å². The van der Waals surface area contributed by atoms with Crippen LogP contribution in [0.1, 0.15) is 74.7 Å². The average Bonchev–Trinajstić information content (AvgIpc) is 3.23. The monoisotopic (exact) mass is 455 g/mol. The smallest absolute Gasteiger partial charge is 0.286 e. The van der Waals surface area contributed by atoms with Gasteiger partial charge in [-0.2, -0.15) is 0 Å². The predicted octanol–water partition coefficient (Wildman–Crippen LogP) is 7.35. The Morgan fingerprint density at radius 3 is 2.35 bits per heavy atom. The molecule has 0 saturated heterocycles. The average molecular weight is 456 g/mol. The maximum Gasteiger partial charge on any atom is 0.286 e. The number of amides is 1. The number of para-hydroxylation sites is 1. The van der Waals surface area contributed by atoms with Crippen LogP contribution in [0.15, 0.2) is 48.5 Å². The molecule has 3 rings (SSSR count). The summed E-state index contributed by atoms with van der Waals surface area (Å²) in [5.74, 6) is -0.289. The van der Waals surface area contributed by atoms with Gasteiger partial charge in [0.2, 0.25) is 0 Å². The topological polar surface area (TPSA) is 54.0 Å². The SMILES string of the molecule is CC.CCCCCCCCc1ccc(NC(=S)NC(=O)c2nc3ccccc3s2)cc1. The van der Waals surface area contributed by atoms with Crippen LogP contribution in [0.25, 0.3) is 10.2 Å². The molecule has 0 bridgehead atoms. The third kappa shape index (κ3) is 8.38. The lowest BCUT2D eigenvalue weighted by Crippen LogP contribution is -2.34. The standard InChI is InChI=1S/C23H27N3OS2.C2H6/c1-2-3-4-5-6-7-10-17-13-15-18(16-14-17)24-23(28)26-21(27)22-25-19-11-8-9-12-20(19)29-22;1-2/h8-9,11-16H,2-7,10H2,1H3,(H2,24,26,27,28);1-2H3. The Bertz CT molecular complexity index is 918. The molecule has 6 heteroatoms. The molecule has 0 saturated carbocycles. The molecule has 2 N–H and O–H groups in total. The molecule has 1 heterocycles. The lowest BCUT2D eigenvalue weighted by molar-refractivity contribution is 0.0977. The van der Waals surface area contributed by atoms with E-state index in [2.05, 4.69) is 34.7 Å². The number of hydrogen-bond donors (Lipinski definition) is 2. The maximum atomic E-state index is 12.4. The molecular formula is C25H33N3OS2. The summed E-state index contributed by atoms with van der Waals surface area (Å²) in [7, 11) is 0. The molecule has 3 aromatic rings. The number of fused-ring (bicyclic) bond motifs is 1. The molecule has 0 radical (unpaired) electrons. The van der Waals surface area contributed by atoms with Crippen molar-refractivity contribution in [2.24, 2.45) is 0 Å². The molecule has 1 aromatic heterocycles. The molecule has 1 amide bonds. The zero-order chi connectivity index (χ0) is 22.5. The summed E-state index contributed by atoms with van der Waals surface area (Å²) in [5.41, 5.74) is 3.02.